The van der Waals surface area contributed by atoms with Crippen molar-refractivity contribution in [3.8, 4) is 11.8 Å². The fraction of sp³-hybridized carbons (Fsp3) is 0.286. The number of aromatic nitrogens is 3. The van der Waals surface area contributed by atoms with Gasteiger partial charge in [0.25, 0.3) is 5.56 Å². The molecule has 0 bridgehead atoms. The van der Waals surface area contributed by atoms with E-state index in [2.05, 4.69) is 21.8 Å². The van der Waals surface area contributed by atoms with Gasteiger partial charge in [-0.2, -0.15) is 0 Å². The Hall–Kier alpha value is -3.00. The van der Waals surface area contributed by atoms with Crippen LogP contribution in [0.3, 0.4) is 0 Å². The lowest BCUT2D eigenvalue weighted by Gasteiger charge is -2.30. The van der Waals surface area contributed by atoms with Crippen LogP contribution in [0.4, 0.5) is 4.39 Å². The van der Waals surface area contributed by atoms with Gasteiger partial charge in [-0.25, -0.2) is 14.4 Å². The third-order valence-corrected chi connectivity index (χ3v) is 4.91. The molecular formula is C21H18FN3O. The van der Waals surface area contributed by atoms with Crippen LogP contribution in [0.25, 0.3) is 10.9 Å². The maximum atomic E-state index is 14.7. The number of alkyl halides is 1. The summed E-state index contributed by atoms with van der Waals surface area (Å²) in [6.45, 7) is 1.90. The molecule has 3 aromatic rings. The molecule has 0 saturated heterocycles. The molecule has 1 unspecified atom stereocenters. The molecule has 1 aliphatic heterocycles. The second kappa shape index (κ2) is 6.38. The molecule has 1 aromatic carbocycles. The van der Waals surface area contributed by atoms with Crippen LogP contribution in [-0.2, 0) is 13.0 Å². The molecule has 4 nitrogen and oxygen atoms in total. The van der Waals surface area contributed by atoms with Crippen LogP contribution in [0.5, 0.6) is 0 Å². The number of rotatable bonds is 1. The second-order valence-electron chi connectivity index (χ2n) is 6.62. The molecule has 5 heteroatoms. The van der Waals surface area contributed by atoms with Gasteiger partial charge in [0, 0.05) is 18.2 Å². The SMILES string of the molecule is CCC1(F)CCc2nc3cc(C#Cc4ccccn4)ccc3c(=O)n2C1. The Kier molecular flexibility index (Phi) is 4.04. The normalized spacial score (nSPS) is 18.8. The number of halogens is 1. The third kappa shape index (κ3) is 2.99. The highest BCUT2D eigenvalue weighted by Gasteiger charge is 2.34. The maximum absolute atomic E-state index is 14.7. The summed E-state index contributed by atoms with van der Waals surface area (Å²) in [5, 5.41) is 0.498. The lowest BCUT2D eigenvalue weighted by molar-refractivity contribution is 0.0994. The van der Waals surface area contributed by atoms with Crippen LogP contribution < -0.4 is 5.56 Å². The van der Waals surface area contributed by atoms with Gasteiger partial charge in [-0.3, -0.25) is 9.36 Å². The Morgan fingerprint density at radius 3 is 2.92 bits per heavy atom. The van der Waals surface area contributed by atoms with Crippen LogP contribution >= 0.6 is 0 Å². The first-order valence-electron chi connectivity index (χ1n) is 8.73. The van der Waals surface area contributed by atoms with Crippen LogP contribution in [0.15, 0.2) is 47.4 Å². The number of hydrogen-bond donors (Lipinski definition) is 0. The summed E-state index contributed by atoms with van der Waals surface area (Å²) in [7, 11) is 0. The zero-order valence-corrected chi connectivity index (χ0v) is 14.5. The molecule has 0 spiro atoms. The Labute approximate surface area is 150 Å². The maximum Gasteiger partial charge on any atom is 0.261 e. The van der Waals surface area contributed by atoms with Gasteiger partial charge in [0.1, 0.15) is 17.2 Å². The van der Waals surface area contributed by atoms with E-state index in [1.54, 1.807) is 18.3 Å². The Balaban J connectivity index is 1.76. The van der Waals surface area contributed by atoms with Gasteiger partial charge in [-0.1, -0.05) is 18.9 Å². The van der Waals surface area contributed by atoms with Crippen molar-refractivity contribution in [3.05, 3.63) is 70.0 Å². The van der Waals surface area contributed by atoms with Crippen molar-refractivity contribution in [3.63, 3.8) is 0 Å². The van der Waals surface area contributed by atoms with E-state index in [1.165, 1.54) is 4.57 Å². The van der Waals surface area contributed by atoms with Gasteiger partial charge >= 0.3 is 0 Å². The second-order valence-corrected chi connectivity index (χ2v) is 6.62. The number of fused-ring (bicyclic) bond motifs is 2. The average Bonchev–Trinajstić information content (AvgIpc) is 2.68. The van der Waals surface area contributed by atoms with Crippen LogP contribution in [0.2, 0.25) is 0 Å². The van der Waals surface area contributed by atoms with E-state index in [0.29, 0.717) is 41.7 Å². The molecule has 2 aromatic heterocycles. The molecule has 1 atom stereocenters. The summed E-state index contributed by atoms with van der Waals surface area (Å²) in [4.78, 5) is 21.6. The standard InChI is InChI=1S/C21H18FN3O/c1-2-21(22)11-10-19-24-18-13-15(6-8-16-5-3-4-12-23-16)7-9-17(18)20(26)25(19)14-21/h3-5,7,9,12-13H,2,10-11,14H2,1H3. The highest BCUT2D eigenvalue weighted by atomic mass is 19.1. The van der Waals surface area contributed by atoms with E-state index in [0.717, 1.165) is 5.56 Å². The summed E-state index contributed by atoms with van der Waals surface area (Å²) >= 11 is 0. The fourth-order valence-electron chi connectivity index (χ4n) is 3.26. The number of pyridine rings is 1. The first-order chi connectivity index (χ1) is 12.6. The van der Waals surface area contributed by atoms with Crippen molar-refractivity contribution in [1.82, 2.24) is 14.5 Å². The summed E-state index contributed by atoms with van der Waals surface area (Å²) in [5.74, 6) is 6.70. The third-order valence-electron chi connectivity index (χ3n) is 4.91. The van der Waals surface area contributed by atoms with Gasteiger partial charge in [-0.15, -0.1) is 0 Å². The Morgan fingerprint density at radius 1 is 1.27 bits per heavy atom. The zero-order chi connectivity index (χ0) is 18.1. The Morgan fingerprint density at radius 2 is 2.15 bits per heavy atom. The van der Waals surface area contributed by atoms with E-state index in [1.807, 2.05) is 31.2 Å². The van der Waals surface area contributed by atoms with Gasteiger partial charge in [0.15, 0.2) is 0 Å². The highest BCUT2D eigenvalue weighted by molar-refractivity contribution is 5.79. The summed E-state index contributed by atoms with van der Waals surface area (Å²) in [6, 6.07) is 10.9. The van der Waals surface area contributed by atoms with Crippen molar-refractivity contribution in [2.24, 2.45) is 0 Å². The van der Waals surface area contributed by atoms with Crippen molar-refractivity contribution >= 4 is 10.9 Å². The van der Waals surface area contributed by atoms with Crippen molar-refractivity contribution < 1.29 is 4.39 Å². The smallest absolute Gasteiger partial charge is 0.261 e. The quantitative estimate of drug-likeness (QED) is 0.635. The molecule has 3 heterocycles. The van der Waals surface area contributed by atoms with Gasteiger partial charge < -0.3 is 0 Å². The van der Waals surface area contributed by atoms with Crippen LogP contribution in [0.1, 0.15) is 36.8 Å². The molecule has 4 rings (SSSR count). The minimum Gasteiger partial charge on any atom is -0.293 e. The predicted molar refractivity (Wildman–Crippen MR) is 98.7 cm³/mol. The molecule has 0 saturated carbocycles. The highest BCUT2D eigenvalue weighted by Crippen LogP contribution is 2.29. The molecule has 0 N–H and O–H groups in total. The molecule has 130 valence electrons. The number of benzene rings is 1. The molecule has 0 fully saturated rings. The molecule has 1 aliphatic rings. The zero-order valence-electron chi connectivity index (χ0n) is 14.5. The minimum absolute atomic E-state index is 0.0852. The van der Waals surface area contributed by atoms with Crippen LogP contribution in [0, 0.1) is 11.8 Å². The van der Waals surface area contributed by atoms with Crippen molar-refractivity contribution in [2.75, 3.05) is 0 Å². The molecule has 26 heavy (non-hydrogen) atoms. The predicted octanol–water partition coefficient (Wildman–Crippen LogP) is 3.26. The first kappa shape index (κ1) is 16.5. The van der Waals surface area contributed by atoms with Gasteiger partial charge in [0.05, 0.1) is 17.4 Å². The molecular weight excluding hydrogens is 329 g/mol. The summed E-state index contributed by atoms with van der Waals surface area (Å²) < 4.78 is 16.2. The molecule has 0 aliphatic carbocycles. The topological polar surface area (TPSA) is 47.8 Å². The monoisotopic (exact) mass is 347 g/mol. The minimum atomic E-state index is -1.32. The lowest BCUT2D eigenvalue weighted by Crippen LogP contribution is -2.41. The van der Waals surface area contributed by atoms with Crippen LogP contribution in [-0.4, -0.2) is 20.2 Å². The largest absolute Gasteiger partial charge is 0.293 e. The van der Waals surface area contributed by atoms with E-state index in [-0.39, 0.29) is 12.1 Å². The first-order valence-corrected chi connectivity index (χ1v) is 8.73. The Bertz CT molecular complexity index is 1100. The van der Waals surface area contributed by atoms with E-state index in [9.17, 15) is 9.18 Å². The average molecular weight is 347 g/mol. The van der Waals surface area contributed by atoms with Gasteiger partial charge in [-0.05, 0) is 49.1 Å². The van der Waals surface area contributed by atoms with Crippen molar-refractivity contribution in [1.29, 1.82) is 0 Å². The molecule has 0 radical (unpaired) electrons. The molecule has 0 amide bonds. The number of aryl methyl sites for hydroxylation is 1. The summed E-state index contributed by atoms with van der Waals surface area (Å²) in [5.41, 5.74) is 0.566. The van der Waals surface area contributed by atoms with Gasteiger partial charge in [0.2, 0.25) is 0 Å². The number of hydrogen-bond acceptors (Lipinski definition) is 3. The van der Waals surface area contributed by atoms with E-state index >= 15 is 0 Å². The lowest BCUT2D eigenvalue weighted by atomic mass is 9.93. The fourth-order valence-corrected chi connectivity index (χ4v) is 3.26. The van der Waals surface area contributed by atoms with E-state index in [4.69, 9.17) is 0 Å². The number of nitrogens with zero attached hydrogens (tertiary/aromatic N) is 3. The van der Waals surface area contributed by atoms with Crippen molar-refractivity contribution in [2.45, 2.75) is 38.4 Å². The summed E-state index contributed by atoms with van der Waals surface area (Å²) in [6.07, 6.45) is 2.97. The van der Waals surface area contributed by atoms with E-state index < -0.39 is 5.67 Å².